The molecule has 0 aliphatic rings. The van der Waals surface area contributed by atoms with Crippen molar-refractivity contribution < 1.29 is 9.21 Å². The van der Waals surface area contributed by atoms with E-state index in [-0.39, 0.29) is 5.91 Å². The Morgan fingerprint density at radius 2 is 2.00 bits per heavy atom. The van der Waals surface area contributed by atoms with Crippen molar-refractivity contribution in [3.63, 3.8) is 0 Å². The molecule has 25 heavy (non-hydrogen) atoms. The van der Waals surface area contributed by atoms with E-state index in [0.717, 1.165) is 15.6 Å². The SMILES string of the molecule is Cc1ccc(CNC(=O)CCc2ncc(-c3cccc(Br)c3)o2)cc1. The lowest BCUT2D eigenvalue weighted by Crippen LogP contribution is -2.23. The van der Waals surface area contributed by atoms with E-state index in [1.807, 2.05) is 55.5 Å². The van der Waals surface area contributed by atoms with Crippen LogP contribution in [0.4, 0.5) is 0 Å². The number of aromatic nitrogens is 1. The van der Waals surface area contributed by atoms with Gasteiger partial charge in [-0.25, -0.2) is 4.98 Å². The van der Waals surface area contributed by atoms with Gasteiger partial charge in [-0.15, -0.1) is 0 Å². The molecule has 3 rings (SSSR count). The van der Waals surface area contributed by atoms with E-state index in [2.05, 4.69) is 26.2 Å². The highest BCUT2D eigenvalue weighted by Crippen LogP contribution is 2.24. The first-order valence-corrected chi connectivity index (χ1v) is 8.92. The number of rotatable bonds is 6. The molecule has 0 bridgehead atoms. The van der Waals surface area contributed by atoms with Gasteiger partial charge in [0.2, 0.25) is 5.91 Å². The van der Waals surface area contributed by atoms with Crippen molar-refractivity contribution in [2.45, 2.75) is 26.3 Å². The number of halogens is 1. The van der Waals surface area contributed by atoms with Gasteiger partial charge in [-0.05, 0) is 24.6 Å². The Hall–Kier alpha value is -2.40. The van der Waals surface area contributed by atoms with Gasteiger partial charge in [-0.1, -0.05) is 57.9 Å². The largest absolute Gasteiger partial charge is 0.441 e. The van der Waals surface area contributed by atoms with Crippen LogP contribution in [0.1, 0.15) is 23.4 Å². The van der Waals surface area contributed by atoms with E-state index in [4.69, 9.17) is 4.42 Å². The van der Waals surface area contributed by atoms with Crippen LogP contribution in [0.2, 0.25) is 0 Å². The Morgan fingerprint density at radius 3 is 2.76 bits per heavy atom. The molecule has 0 saturated heterocycles. The van der Waals surface area contributed by atoms with Gasteiger partial charge in [0, 0.05) is 29.4 Å². The van der Waals surface area contributed by atoms with E-state index in [1.165, 1.54) is 5.56 Å². The van der Waals surface area contributed by atoms with Crippen LogP contribution in [0, 0.1) is 6.92 Å². The molecule has 1 aromatic heterocycles. The van der Waals surface area contributed by atoms with Crippen LogP contribution >= 0.6 is 15.9 Å². The third-order valence-corrected chi connectivity index (χ3v) is 4.33. The number of carbonyl (C=O) groups is 1. The lowest BCUT2D eigenvalue weighted by atomic mass is 10.1. The van der Waals surface area contributed by atoms with Crippen LogP contribution in [0.15, 0.2) is 63.6 Å². The number of nitrogens with zero attached hydrogens (tertiary/aromatic N) is 1. The first-order valence-electron chi connectivity index (χ1n) is 8.13. The summed E-state index contributed by atoms with van der Waals surface area (Å²) in [5, 5.41) is 2.92. The van der Waals surface area contributed by atoms with Crippen LogP contribution < -0.4 is 5.32 Å². The van der Waals surface area contributed by atoms with Crippen LogP contribution in [0.3, 0.4) is 0 Å². The molecule has 0 radical (unpaired) electrons. The van der Waals surface area contributed by atoms with Crippen molar-refractivity contribution in [2.75, 3.05) is 0 Å². The smallest absolute Gasteiger partial charge is 0.220 e. The van der Waals surface area contributed by atoms with Crippen molar-refractivity contribution in [2.24, 2.45) is 0 Å². The average Bonchev–Trinajstić information content (AvgIpc) is 3.08. The van der Waals surface area contributed by atoms with Crippen molar-refractivity contribution in [3.8, 4) is 11.3 Å². The second-order valence-corrected chi connectivity index (χ2v) is 6.81. The van der Waals surface area contributed by atoms with Crippen molar-refractivity contribution >= 4 is 21.8 Å². The normalized spacial score (nSPS) is 10.6. The molecule has 0 saturated carbocycles. The number of benzene rings is 2. The third-order valence-electron chi connectivity index (χ3n) is 3.84. The summed E-state index contributed by atoms with van der Waals surface area (Å²) in [4.78, 5) is 16.3. The van der Waals surface area contributed by atoms with Crippen LogP contribution in [0.5, 0.6) is 0 Å². The molecule has 1 N–H and O–H groups in total. The van der Waals surface area contributed by atoms with E-state index < -0.39 is 0 Å². The zero-order valence-corrected chi connectivity index (χ0v) is 15.5. The van der Waals surface area contributed by atoms with Gasteiger partial charge in [0.25, 0.3) is 0 Å². The molecule has 5 heteroatoms. The minimum atomic E-state index is -0.0113. The Morgan fingerprint density at radius 1 is 1.20 bits per heavy atom. The summed E-state index contributed by atoms with van der Waals surface area (Å²) in [6.45, 7) is 2.58. The summed E-state index contributed by atoms with van der Waals surface area (Å²) in [7, 11) is 0. The fraction of sp³-hybridized carbons (Fsp3) is 0.200. The number of aryl methyl sites for hydroxylation is 2. The van der Waals surface area contributed by atoms with Crippen molar-refractivity contribution in [3.05, 3.63) is 76.2 Å². The summed E-state index contributed by atoms with van der Waals surface area (Å²) in [5.74, 6) is 1.26. The summed E-state index contributed by atoms with van der Waals surface area (Å²) in [6, 6.07) is 16.0. The highest BCUT2D eigenvalue weighted by atomic mass is 79.9. The Labute approximate surface area is 155 Å². The van der Waals surface area contributed by atoms with Crippen LogP contribution in [-0.2, 0) is 17.8 Å². The molecule has 0 aliphatic heterocycles. The quantitative estimate of drug-likeness (QED) is 0.656. The molecule has 128 valence electrons. The number of amides is 1. The fourth-order valence-electron chi connectivity index (χ4n) is 2.42. The predicted molar refractivity (Wildman–Crippen MR) is 101 cm³/mol. The topological polar surface area (TPSA) is 55.1 Å². The number of hydrogen-bond donors (Lipinski definition) is 1. The van der Waals surface area contributed by atoms with Crippen LogP contribution in [-0.4, -0.2) is 10.9 Å². The van der Waals surface area contributed by atoms with E-state index in [1.54, 1.807) is 6.20 Å². The predicted octanol–water partition coefficient (Wildman–Crippen LogP) is 4.66. The number of hydrogen-bond acceptors (Lipinski definition) is 3. The molecule has 0 unspecified atom stereocenters. The lowest BCUT2D eigenvalue weighted by Gasteiger charge is -2.05. The molecular formula is C20H19BrN2O2. The molecule has 2 aromatic carbocycles. The highest BCUT2D eigenvalue weighted by molar-refractivity contribution is 9.10. The molecule has 0 aliphatic carbocycles. The summed E-state index contributed by atoms with van der Waals surface area (Å²) in [6.07, 6.45) is 2.53. The number of oxazole rings is 1. The lowest BCUT2D eigenvalue weighted by molar-refractivity contribution is -0.121. The van der Waals surface area contributed by atoms with Gasteiger partial charge in [-0.2, -0.15) is 0 Å². The Balaban J connectivity index is 1.50. The standard InChI is InChI=1S/C20H19BrN2O2/c1-14-5-7-15(8-6-14)12-22-19(24)9-10-20-23-13-18(25-20)16-3-2-4-17(21)11-16/h2-8,11,13H,9-10,12H2,1H3,(H,22,24). The third kappa shape index (κ3) is 5.03. The van der Waals surface area contributed by atoms with E-state index in [9.17, 15) is 4.79 Å². The first-order chi connectivity index (χ1) is 12.1. The monoisotopic (exact) mass is 398 g/mol. The maximum absolute atomic E-state index is 12.0. The van der Waals surface area contributed by atoms with Crippen LogP contribution in [0.25, 0.3) is 11.3 Å². The van der Waals surface area contributed by atoms with E-state index in [0.29, 0.717) is 31.0 Å². The second kappa shape index (κ2) is 8.12. The molecule has 0 atom stereocenters. The summed E-state index contributed by atoms with van der Waals surface area (Å²) in [5.41, 5.74) is 3.25. The van der Waals surface area contributed by atoms with Crippen molar-refractivity contribution in [1.29, 1.82) is 0 Å². The average molecular weight is 399 g/mol. The molecule has 3 aromatic rings. The Kier molecular flexibility index (Phi) is 5.66. The molecule has 4 nitrogen and oxygen atoms in total. The molecule has 0 spiro atoms. The minimum absolute atomic E-state index is 0.0113. The molecule has 0 fully saturated rings. The zero-order chi connectivity index (χ0) is 17.6. The minimum Gasteiger partial charge on any atom is -0.441 e. The first kappa shape index (κ1) is 17.4. The van der Waals surface area contributed by atoms with Gasteiger partial charge in [0.1, 0.15) is 0 Å². The van der Waals surface area contributed by atoms with Gasteiger partial charge >= 0.3 is 0 Å². The van der Waals surface area contributed by atoms with Gasteiger partial charge in [0.15, 0.2) is 11.7 Å². The Bertz CT molecular complexity index is 856. The van der Waals surface area contributed by atoms with E-state index >= 15 is 0 Å². The molecule has 1 heterocycles. The number of nitrogens with one attached hydrogen (secondary N) is 1. The number of carbonyl (C=O) groups excluding carboxylic acids is 1. The highest BCUT2D eigenvalue weighted by Gasteiger charge is 2.09. The summed E-state index contributed by atoms with van der Waals surface area (Å²) < 4.78 is 6.72. The van der Waals surface area contributed by atoms with Gasteiger partial charge < -0.3 is 9.73 Å². The molecular weight excluding hydrogens is 380 g/mol. The van der Waals surface area contributed by atoms with Crippen molar-refractivity contribution in [1.82, 2.24) is 10.3 Å². The fourth-order valence-corrected chi connectivity index (χ4v) is 2.82. The summed E-state index contributed by atoms with van der Waals surface area (Å²) >= 11 is 3.44. The maximum Gasteiger partial charge on any atom is 0.220 e. The second-order valence-electron chi connectivity index (χ2n) is 5.89. The maximum atomic E-state index is 12.0. The van der Waals surface area contributed by atoms with Gasteiger partial charge in [-0.3, -0.25) is 4.79 Å². The molecule has 1 amide bonds. The zero-order valence-electron chi connectivity index (χ0n) is 14.0. The van der Waals surface area contributed by atoms with Gasteiger partial charge in [0.05, 0.1) is 6.20 Å².